The molecule has 1 amide bonds. The summed E-state index contributed by atoms with van der Waals surface area (Å²) in [7, 11) is 0. The lowest BCUT2D eigenvalue weighted by Crippen LogP contribution is -2.29. The van der Waals surface area contributed by atoms with Crippen LogP contribution in [0.25, 0.3) is 0 Å². The lowest BCUT2D eigenvalue weighted by atomic mass is 9.92. The molecule has 2 N–H and O–H groups in total. The summed E-state index contributed by atoms with van der Waals surface area (Å²) in [5, 5.41) is 11.1. The van der Waals surface area contributed by atoms with E-state index in [0.717, 1.165) is 19.1 Å². The van der Waals surface area contributed by atoms with E-state index in [-0.39, 0.29) is 19.1 Å². The van der Waals surface area contributed by atoms with Crippen molar-refractivity contribution < 1.29 is 14.7 Å². The summed E-state index contributed by atoms with van der Waals surface area (Å²) in [6.45, 7) is 0.171. The molecular weight excluding hydrogens is 182 g/mol. The smallest absolute Gasteiger partial charge is 0.247 e. The molecule has 0 radical (unpaired) electrons. The fourth-order valence-electron chi connectivity index (χ4n) is 1.59. The molecule has 1 aliphatic rings. The van der Waals surface area contributed by atoms with Crippen molar-refractivity contribution in [3.8, 4) is 0 Å². The zero-order chi connectivity index (χ0) is 10.4. The Hall–Kier alpha value is -1.16. The van der Waals surface area contributed by atoms with E-state index in [2.05, 4.69) is 5.32 Å². The third-order valence-electron chi connectivity index (χ3n) is 2.32. The Bertz CT molecular complexity index is 258. The molecule has 0 fully saturated rings. The van der Waals surface area contributed by atoms with E-state index in [0.29, 0.717) is 24.0 Å². The van der Waals surface area contributed by atoms with E-state index in [9.17, 15) is 9.59 Å². The second kappa shape index (κ2) is 5.54. The number of hydrogen-bond acceptors (Lipinski definition) is 3. The number of aldehydes is 1. The van der Waals surface area contributed by atoms with Crippen molar-refractivity contribution in [2.45, 2.75) is 25.7 Å². The molecule has 0 aromatic rings. The van der Waals surface area contributed by atoms with Gasteiger partial charge in [-0.1, -0.05) is 0 Å². The van der Waals surface area contributed by atoms with Crippen LogP contribution in [-0.4, -0.2) is 30.5 Å². The van der Waals surface area contributed by atoms with Gasteiger partial charge in [-0.2, -0.15) is 0 Å². The quantitative estimate of drug-likeness (QED) is 0.631. The van der Waals surface area contributed by atoms with Gasteiger partial charge in [-0.25, -0.2) is 0 Å². The Morgan fingerprint density at radius 1 is 1.43 bits per heavy atom. The lowest BCUT2D eigenvalue weighted by molar-refractivity contribution is -0.118. The predicted octanol–water partition coefficient (Wildman–Crippen LogP) is 0.164. The van der Waals surface area contributed by atoms with Crippen molar-refractivity contribution in [1.29, 1.82) is 0 Å². The number of rotatable bonds is 4. The maximum atomic E-state index is 11.5. The summed E-state index contributed by atoms with van der Waals surface area (Å²) in [5.74, 6) is -0.208. The average Bonchev–Trinajstić information content (AvgIpc) is 2.25. The van der Waals surface area contributed by atoms with Crippen molar-refractivity contribution in [2.75, 3.05) is 13.2 Å². The van der Waals surface area contributed by atoms with Gasteiger partial charge in [0, 0.05) is 17.7 Å². The molecule has 4 nitrogen and oxygen atoms in total. The molecule has 0 bridgehead atoms. The summed E-state index contributed by atoms with van der Waals surface area (Å²) in [5.41, 5.74) is 1.21. The van der Waals surface area contributed by atoms with Crippen LogP contribution in [-0.2, 0) is 9.59 Å². The fraction of sp³-hybridized carbons (Fsp3) is 0.600. The number of aliphatic hydroxyl groups excluding tert-OH is 1. The van der Waals surface area contributed by atoms with Gasteiger partial charge >= 0.3 is 0 Å². The predicted molar refractivity (Wildman–Crippen MR) is 51.7 cm³/mol. The highest BCUT2D eigenvalue weighted by Gasteiger charge is 2.17. The maximum absolute atomic E-state index is 11.5. The maximum Gasteiger partial charge on any atom is 0.247 e. The standard InChI is InChI=1S/C10H15NO3/c12-6-5-11-10(14)9-4-2-1-3-8(9)7-13/h7,12H,1-6H2,(H,11,14). The Morgan fingerprint density at radius 3 is 2.79 bits per heavy atom. The van der Waals surface area contributed by atoms with Gasteiger partial charge in [-0.05, 0) is 25.7 Å². The van der Waals surface area contributed by atoms with Crippen LogP contribution in [0, 0.1) is 0 Å². The SMILES string of the molecule is O=CC1=C(C(=O)NCCO)CCCC1. The molecule has 0 heterocycles. The van der Waals surface area contributed by atoms with E-state index in [1.54, 1.807) is 0 Å². The highest BCUT2D eigenvalue weighted by atomic mass is 16.3. The van der Waals surface area contributed by atoms with Crippen LogP contribution in [0.1, 0.15) is 25.7 Å². The zero-order valence-electron chi connectivity index (χ0n) is 8.08. The van der Waals surface area contributed by atoms with Crippen molar-refractivity contribution in [1.82, 2.24) is 5.32 Å². The van der Waals surface area contributed by atoms with Gasteiger partial charge < -0.3 is 10.4 Å². The van der Waals surface area contributed by atoms with Crippen LogP contribution in [0.4, 0.5) is 0 Å². The van der Waals surface area contributed by atoms with Gasteiger partial charge in [0.05, 0.1) is 6.61 Å². The Kier molecular flexibility index (Phi) is 4.32. The van der Waals surface area contributed by atoms with Crippen molar-refractivity contribution in [2.24, 2.45) is 0 Å². The minimum Gasteiger partial charge on any atom is -0.395 e. The molecule has 0 saturated heterocycles. The molecule has 0 aliphatic heterocycles. The van der Waals surface area contributed by atoms with Gasteiger partial charge in [-0.15, -0.1) is 0 Å². The summed E-state index contributed by atoms with van der Waals surface area (Å²) in [4.78, 5) is 22.1. The molecule has 0 unspecified atom stereocenters. The van der Waals surface area contributed by atoms with Gasteiger partial charge in [0.2, 0.25) is 5.91 Å². The van der Waals surface area contributed by atoms with Gasteiger partial charge in [0.25, 0.3) is 0 Å². The highest BCUT2D eigenvalue weighted by molar-refractivity contribution is 5.99. The number of carbonyl (C=O) groups excluding carboxylic acids is 2. The van der Waals surface area contributed by atoms with Crippen molar-refractivity contribution >= 4 is 12.2 Å². The van der Waals surface area contributed by atoms with Crippen molar-refractivity contribution in [3.05, 3.63) is 11.1 Å². The van der Waals surface area contributed by atoms with Crippen molar-refractivity contribution in [3.63, 3.8) is 0 Å². The molecule has 0 spiro atoms. The minimum atomic E-state index is -0.208. The van der Waals surface area contributed by atoms with Crippen LogP contribution >= 0.6 is 0 Å². The molecular formula is C10H15NO3. The molecule has 0 atom stereocenters. The third-order valence-corrected chi connectivity index (χ3v) is 2.32. The van der Waals surface area contributed by atoms with Crippen LogP contribution in [0.3, 0.4) is 0 Å². The Balaban J connectivity index is 2.66. The Labute approximate surface area is 83.0 Å². The first-order valence-electron chi connectivity index (χ1n) is 4.86. The molecule has 0 aromatic carbocycles. The zero-order valence-corrected chi connectivity index (χ0v) is 8.08. The lowest BCUT2D eigenvalue weighted by Gasteiger charge is -2.15. The first-order chi connectivity index (χ1) is 6.79. The fourth-order valence-corrected chi connectivity index (χ4v) is 1.59. The number of carbonyl (C=O) groups is 2. The van der Waals surface area contributed by atoms with Crippen LogP contribution < -0.4 is 5.32 Å². The Morgan fingerprint density at radius 2 is 2.14 bits per heavy atom. The summed E-state index contributed by atoms with van der Waals surface area (Å²) < 4.78 is 0. The van der Waals surface area contributed by atoms with E-state index in [1.165, 1.54) is 0 Å². The van der Waals surface area contributed by atoms with E-state index in [1.807, 2.05) is 0 Å². The number of aliphatic hydroxyl groups is 1. The number of allylic oxidation sites excluding steroid dienone is 1. The second-order valence-corrected chi connectivity index (χ2v) is 3.31. The van der Waals surface area contributed by atoms with Gasteiger partial charge in [-0.3, -0.25) is 9.59 Å². The minimum absolute atomic E-state index is 0.0740. The second-order valence-electron chi connectivity index (χ2n) is 3.31. The third kappa shape index (κ3) is 2.67. The van der Waals surface area contributed by atoms with Crippen LogP contribution in [0.15, 0.2) is 11.1 Å². The first kappa shape index (κ1) is 10.9. The summed E-state index contributed by atoms with van der Waals surface area (Å²) >= 11 is 0. The monoisotopic (exact) mass is 197 g/mol. The van der Waals surface area contributed by atoms with E-state index >= 15 is 0 Å². The largest absolute Gasteiger partial charge is 0.395 e. The van der Waals surface area contributed by atoms with Crippen LogP contribution in [0.2, 0.25) is 0 Å². The molecule has 1 aliphatic carbocycles. The molecule has 4 heteroatoms. The molecule has 0 aromatic heterocycles. The van der Waals surface area contributed by atoms with Gasteiger partial charge in [0.15, 0.2) is 0 Å². The van der Waals surface area contributed by atoms with E-state index in [4.69, 9.17) is 5.11 Å². The van der Waals surface area contributed by atoms with Crippen LogP contribution in [0.5, 0.6) is 0 Å². The molecule has 0 saturated carbocycles. The molecule has 78 valence electrons. The first-order valence-corrected chi connectivity index (χ1v) is 4.86. The number of nitrogens with one attached hydrogen (secondary N) is 1. The molecule has 14 heavy (non-hydrogen) atoms. The van der Waals surface area contributed by atoms with Gasteiger partial charge in [0.1, 0.15) is 6.29 Å². The topological polar surface area (TPSA) is 66.4 Å². The highest BCUT2D eigenvalue weighted by Crippen LogP contribution is 2.23. The van der Waals surface area contributed by atoms with E-state index < -0.39 is 0 Å². The number of amides is 1. The summed E-state index contributed by atoms with van der Waals surface area (Å²) in [6.07, 6.45) is 4.08. The summed E-state index contributed by atoms with van der Waals surface area (Å²) in [6, 6.07) is 0. The normalized spacial score (nSPS) is 16.6. The number of hydrogen-bond donors (Lipinski definition) is 2. The average molecular weight is 197 g/mol. The molecule has 1 rings (SSSR count).